The van der Waals surface area contributed by atoms with Crippen LogP contribution in [0.4, 0.5) is 0 Å². The highest BCUT2D eigenvalue weighted by Gasteiger charge is 2.08. The average Bonchev–Trinajstić information content (AvgIpc) is 2.72. The van der Waals surface area contributed by atoms with Crippen LogP contribution in [0, 0.1) is 0 Å². The van der Waals surface area contributed by atoms with Gasteiger partial charge in [0.15, 0.2) is 12.1 Å². The Hall–Kier alpha value is -1.91. The maximum absolute atomic E-state index is 10.6. The van der Waals surface area contributed by atoms with Gasteiger partial charge in [0.25, 0.3) is 0 Å². The molecule has 2 rings (SSSR count). The van der Waals surface area contributed by atoms with E-state index in [9.17, 15) is 4.79 Å². The third-order valence-corrected chi connectivity index (χ3v) is 1.78. The van der Waals surface area contributed by atoms with E-state index in [4.69, 9.17) is 0 Å². The Morgan fingerprint density at radius 1 is 1.46 bits per heavy atom. The highest BCUT2D eigenvalue weighted by Crippen LogP contribution is 2.09. The third kappa shape index (κ3) is 1.14. The Morgan fingerprint density at radius 3 is 2.92 bits per heavy atom. The fourth-order valence-electron chi connectivity index (χ4n) is 1.21. The summed E-state index contributed by atoms with van der Waals surface area (Å²) in [7, 11) is 1.77. The molecule has 0 N–H and O–H groups in total. The minimum absolute atomic E-state index is 0.534. The average molecular weight is 176 g/mol. The summed E-state index contributed by atoms with van der Waals surface area (Å²) in [4.78, 5) is 10.6. The largest absolute Gasteiger partial charge is 0.298 e. The lowest BCUT2D eigenvalue weighted by Crippen LogP contribution is -2.05. The van der Waals surface area contributed by atoms with Crippen molar-refractivity contribution in [2.45, 2.75) is 0 Å². The second-order valence-electron chi connectivity index (χ2n) is 2.62. The maximum atomic E-state index is 10.6. The van der Waals surface area contributed by atoms with Gasteiger partial charge in [-0.05, 0) is 6.07 Å². The lowest BCUT2D eigenvalue weighted by Gasteiger charge is -2.01. The van der Waals surface area contributed by atoms with E-state index in [2.05, 4.69) is 10.2 Å². The maximum Gasteiger partial charge on any atom is 0.162 e. The standard InChI is InChI=1S/C8H8N4O/c1-11-8(7(6-13)5-10-11)12-4-2-3-9-12/h2-6H,1H3. The Kier molecular flexibility index (Phi) is 1.70. The molecule has 0 bridgehead atoms. The normalized spacial score (nSPS) is 10.2. The van der Waals surface area contributed by atoms with Crippen molar-refractivity contribution in [1.29, 1.82) is 0 Å². The van der Waals surface area contributed by atoms with Gasteiger partial charge < -0.3 is 0 Å². The lowest BCUT2D eigenvalue weighted by molar-refractivity contribution is 0.112. The molecule has 0 saturated heterocycles. The van der Waals surface area contributed by atoms with Crippen molar-refractivity contribution < 1.29 is 4.79 Å². The van der Waals surface area contributed by atoms with Gasteiger partial charge in [0.2, 0.25) is 0 Å². The minimum atomic E-state index is 0.534. The van der Waals surface area contributed by atoms with Crippen molar-refractivity contribution in [3.05, 3.63) is 30.2 Å². The lowest BCUT2D eigenvalue weighted by atomic mass is 10.4. The van der Waals surface area contributed by atoms with Gasteiger partial charge in [0.1, 0.15) is 0 Å². The van der Waals surface area contributed by atoms with Crippen molar-refractivity contribution in [2.75, 3.05) is 0 Å². The number of carbonyl (C=O) groups excluding carboxylic acids is 1. The first-order valence-electron chi connectivity index (χ1n) is 3.80. The molecule has 0 fully saturated rings. The molecule has 0 saturated carbocycles. The molecule has 5 heteroatoms. The predicted octanol–water partition coefficient (Wildman–Crippen LogP) is 0.418. The van der Waals surface area contributed by atoms with Crippen LogP contribution < -0.4 is 0 Å². The summed E-state index contributed by atoms with van der Waals surface area (Å²) in [5.74, 6) is 0.681. The number of nitrogens with zero attached hydrogens (tertiary/aromatic N) is 4. The van der Waals surface area contributed by atoms with Crippen LogP contribution in [-0.4, -0.2) is 25.8 Å². The molecule has 0 aromatic carbocycles. The van der Waals surface area contributed by atoms with E-state index in [1.165, 1.54) is 6.20 Å². The van der Waals surface area contributed by atoms with E-state index in [-0.39, 0.29) is 0 Å². The first kappa shape index (κ1) is 7.72. The van der Waals surface area contributed by atoms with Gasteiger partial charge in [0, 0.05) is 19.4 Å². The molecule has 2 heterocycles. The third-order valence-electron chi connectivity index (χ3n) is 1.78. The summed E-state index contributed by atoms with van der Waals surface area (Å²) in [6, 6.07) is 1.79. The van der Waals surface area contributed by atoms with Gasteiger partial charge in [-0.1, -0.05) is 0 Å². The molecule has 0 aliphatic heterocycles. The molecule has 2 aromatic rings. The molecular formula is C8H8N4O. The van der Waals surface area contributed by atoms with Gasteiger partial charge in [-0.3, -0.25) is 9.48 Å². The highest BCUT2D eigenvalue weighted by atomic mass is 16.1. The van der Waals surface area contributed by atoms with Crippen LogP contribution in [-0.2, 0) is 7.05 Å². The smallest absolute Gasteiger partial charge is 0.162 e. The summed E-state index contributed by atoms with van der Waals surface area (Å²) in [6.07, 6.45) is 5.71. The highest BCUT2D eigenvalue weighted by molar-refractivity contribution is 5.79. The topological polar surface area (TPSA) is 52.7 Å². The number of carbonyl (C=O) groups is 1. The molecular weight excluding hydrogens is 168 g/mol. The van der Waals surface area contributed by atoms with E-state index in [1.54, 1.807) is 34.9 Å². The molecule has 5 nitrogen and oxygen atoms in total. The van der Waals surface area contributed by atoms with Crippen LogP contribution in [0.25, 0.3) is 5.82 Å². The number of aromatic nitrogens is 4. The molecule has 2 aromatic heterocycles. The fourth-order valence-corrected chi connectivity index (χ4v) is 1.21. The zero-order chi connectivity index (χ0) is 9.26. The Balaban J connectivity index is 2.62. The molecule has 0 radical (unpaired) electrons. The van der Waals surface area contributed by atoms with Gasteiger partial charge >= 0.3 is 0 Å². The van der Waals surface area contributed by atoms with Gasteiger partial charge in [0.05, 0.1) is 11.8 Å². The van der Waals surface area contributed by atoms with E-state index >= 15 is 0 Å². The van der Waals surface area contributed by atoms with Crippen LogP contribution in [0.1, 0.15) is 10.4 Å². The van der Waals surface area contributed by atoms with Crippen molar-refractivity contribution in [3.8, 4) is 5.82 Å². The van der Waals surface area contributed by atoms with Crippen molar-refractivity contribution >= 4 is 6.29 Å². The molecule has 0 aliphatic carbocycles. The number of hydrogen-bond acceptors (Lipinski definition) is 3. The quantitative estimate of drug-likeness (QED) is 0.623. The Bertz CT molecular complexity index is 415. The fraction of sp³-hybridized carbons (Fsp3) is 0.125. The van der Waals surface area contributed by atoms with Crippen LogP contribution in [0.15, 0.2) is 24.7 Å². The number of aldehydes is 1. The van der Waals surface area contributed by atoms with Crippen LogP contribution >= 0.6 is 0 Å². The summed E-state index contributed by atoms with van der Waals surface area (Å²) in [5.41, 5.74) is 0.534. The van der Waals surface area contributed by atoms with Crippen molar-refractivity contribution in [1.82, 2.24) is 19.6 Å². The van der Waals surface area contributed by atoms with Gasteiger partial charge in [-0.15, -0.1) is 0 Å². The van der Waals surface area contributed by atoms with Crippen LogP contribution in [0.5, 0.6) is 0 Å². The zero-order valence-corrected chi connectivity index (χ0v) is 7.08. The number of aryl methyl sites for hydroxylation is 1. The molecule has 0 spiro atoms. The second kappa shape index (κ2) is 2.85. The molecule has 0 unspecified atom stereocenters. The first-order valence-corrected chi connectivity index (χ1v) is 3.80. The van der Waals surface area contributed by atoms with Crippen LogP contribution in [0.2, 0.25) is 0 Å². The second-order valence-corrected chi connectivity index (χ2v) is 2.62. The van der Waals surface area contributed by atoms with E-state index in [1.807, 2.05) is 0 Å². The number of hydrogen-bond donors (Lipinski definition) is 0. The summed E-state index contributed by atoms with van der Waals surface area (Å²) in [6.45, 7) is 0. The summed E-state index contributed by atoms with van der Waals surface area (Å²) >= 11 is 0. The van der Waals surface area contributed by atoms with E-state index < -0.39 is 0 Å². The number of rotatable bonds is 2. The van der Waals surface area contributed by atoms with Gasteiger partial charge in [-0.25, -0.2) is 4.68 Å². The van der Waals surface area contributed by atoms with E-state index in [0.29, 0.717) is 11.4 Å². The zero-order valence-electron chi connectivity index (χ0n) is 7.08. The predicted molar refractivity (Wildman–Crippen MR) is 45.7 cm³/mol. The molecule has 66 valence electrons. The monoisotopic (exact) mass is 176 g/mol. The van der Waals surface area contributed by atoms with E-state index in [0.717, 1.165) is 6.29 Å². The molecule has 0 aliphatic rings. The van der Waals surface area contributed by atoms with Crippen molar-refractivity contribution in [2.24, 2.45) is 7.05 Å². The molecule has 13 heavy (non-hydrogen) atoms. The Labute approximate surface area is 74.6 Å². The Morgan fingerprint density at radius 2 is 2.31 bits per heavy atom. The SMILES string of the molecule is Cn1ncc(C=O)c1-n1cccn1. The summed E-state index contributed by atoms with van der Waals surface area (Å²) in [5, 5.41) is 7.99. The molecule has 0 atom stereocenters. The first-order chi connectivity index (χ1) is 6.33. The van der Waals surface area contributed by atoms with Gasteiger partial charge in [-0.2, -0.15) is 10.2 Å². The van der Waals surface area contributed by atoms with Crippen molar-refractivity contribution in [3.63, 3.8) is 0 Å². The van der Waals surface area contributed by atoms with Crippen LogP contribution in [0.3, 0.4) is 0 Å². The summed E-state index contributed by atoms with van der Waals surface area (Å²) < 4.78 is 3.22. The minimum Gasteiger partial charge on any atom is -0.298 e. The molecule has 0 amide bonds.